The predicted octanol–water partition coefficient (Wildman–Crippen LogP) is 1.22. The fourth-order valence-corrected chi connectivity index (χ4v) is 3.05. The Morgan fingerprint density at radius 2 is 1.96 bits per heavy atom. The SMILES string of the molecule is COC(CN1CCOCC1)C(C(=O)O)n1oc(-c2ccc(F)cc2)cc1=O. The minimum Gasteiger partial charge on any atom is -0.480 e. The molecule has 2 atom stereocenters. The third kappa shape index (κ3) is 4.44. The van der Waals surface area contributed by atoms with Crippen LogP contribution in [0.15, 0.2) is 39.6 Å². The molecule has 1 aliphatic heterocycles. The molecule has 1 saturated heterocycles. The lowest BCUT2D eigenvalue weighted by Gasteiger charge is -2.31. The van der Waals surface area contributed by atoms with Crippen molar-refractivity contribution >= 4 is 5.97 Å². The number of nitrogens with zero attached hydrogens (tertiary/aromatic N) is 2. The van der Waals surface area contributed by atoms with Crippen LogP contribution >= 0.6 is 0 Å². The maximum absolute atomic E-state index is 13.1. The fraction of sp³-hybridized carbons (Fsp3) is 0.444. The van der Waals surface area contributed by atoms with Crippen molar-refractivity contribution in [3.05, 3.63) is 46.5 Å². The van der Waals surface area contributed by atoms with E-state index < -0.39 is 29.5 Å². The molecule has 8 nitrogen and oxygen atoms in total. The zero-order valence-electron chi connectivity index (χ0n) is 14.8. The predicted molar refractivity (Wildman–Crippen MR) is 93.1 cm³/mol. The highest BCUT2D eigenvalue weighted by atomic mass is 19.1. The van der Waals surface area contributed by atoms with Gasteiger partial charge in [0.05, 0.1) is 19.3 Å². The van der Waals surface area contributed by atoms with Crippen molar-refractivity contribution < 1.29 is 28.3 Å². The molecule has 1 fully saturated rings. The van der Waals surface area contributed by atoms with Gasteiger partial charge in [-0.1, -0.05) is 0 Å². The maximum Gasteiger partial charge on any atom is 0.332 e. The summed E-state index contributed by atoms with van der Waals surface area (Å²) in [6.07, 6.45) is -0.800. The molecule has 1 aliphatic rings. The summed E-state index contributed by atoms with van der Waals surface area (Å²) in [5.41, 5.74) is -0.135. The number of morpholine rings is 1. The van der Waals surface area contributed by atoms with E-state index in [-0.39, 0.29) is 5.76 Å². The lowest BCUT2D eigenvalue weighted by atomic mass is 10.1. The number of carboxylic acids is 1. The number of ether oxygens (including phenoxy) is 2. The highest BCUT2D eigenvalue weighted by Gasteiger charge is 2.35. The number of halogens is 1. The van der Waals surface area contributed by atoms with Gasteiger partial charge in [-0.05, 0) is 24.3 Å². The maximum atomic E-state index is 13.1. The van der Waals surface area contributed by atoms with Crippen LogP contribution in [-0.2, 0) is 14.3 Å². The largest absolute Gasteiger partial charge is 0.480 e. The molecule has 0 saturated carbocycles. The van der Waals surface area contributed by atoms with Gasteiger partial charge in [-0.25, -0.2) is 9.18 Å². The van der Waals surface area contributed by atoms with Crippen molar-refractivity contribution in [1.82, 2.24) is 9.64 Å². The number of benzene rings is 1. The molecule has 0 bridgehead atoms. The van der Waals surface area contributed by atoms with Crippen LogP contribution in [0.3, 0.4) is 0 Å². The second-order valence-corrected chi connectivity index (χ2v) is 6.24. The summed E-state index contributed by atoms with van der Waals surface area (Å²) in [5.74, 6) is -1.50. The minimum atomic E-state index is -1.33. The monoisotopic (exact) mass is 380 g/mol. The molecule has 0 amide bonds. The zero-order valence-corrected chi connectivity index (χ0v) is 14.8. The van der Waals surface area contributed by atoms with Crippen LogP contribution in [0.5, 0.6) is 0 Å². The molecule has 1 N–H and O–H groups in total. The Morgan fingerprint density at radius 1 is 1.30 bits per heavy atom. The molecular formula is C18H21FN2O6. The third-order valence-corrected chi connectivity index (χ3v) is 4.50. The molecule has 9 heteroatoms. The highest BCUT2D eigenvalue weighted by molar-refractivity contribution is 5.72. The Bertz CT molecular complexity index is 825. The molecule has 3 rings (SSSR count). The van der Waals surface area contributed by atoms with Crippen molar-refractivity contribution in [2.24, 2.45) is 0 Å². The molecule has 2 unspecified atom stereocenters. The number of hydrogen-bond donors (Lipinski definition) is 1. The average Bonchev–Trinajstić information content (AvgIpc) is 3.03. The number of carbonyl (C=O) groups is 1. The fourth-order valence-electron chi connectivity index (χ4n) is 3.05. The van der Waals surface area contributed by atoms with Crippen molar-refractivity contribution in [2.75, 3.05) is 40.0 Å². The van der Waals surface area contributed by atoms with Gasteiger partial charge in [0.1, 0.15) is 11.9 Å². The van der Waals surface area contributed by atoms with E-state index >= 15 is 0 Å². The van der Waals surface area contributed by atoms with Crippen LogP contribution in [0.4, 0.5) is 4.39 Å². The molecule has 2 heterocycles. The minimum absolute atomic E-state index is 0.160. The number of methoxy groups -OCH3 is 1. The molecule has 1 aromatic carbocycles. The quantitative estimate of drug-likeness (QED) is 0.772. The topological polar surface area (TPSA) is 94.1 Å². The summed E-state index contributed by atoms with van der Waals surface area (Å²) < 4.78 is 30.1. The standard InChI is InChI=1S/C18H21FN2O6/c1-25-15(11-20-6-8-26-9-7-20)17(18(23)24)21-16(22)10-14(27-21)12-2-4-13(19)5-3-12/h2-5,10,15,17H,6-9,11H2,1H3,(H,23,24). The molecule has 27 heavy (non-hydrogen) atoms. The summed E-state index contributed by atoms with van der Waals surface area (Å²) in [5, 5.41) is 9.71. The number of aromatic nitrogens is 1. The van der Waals surface area contributed by atoms with E-state index in [1.807, 2.05) is 4.90 Å². The summed E-state index contributed by atoms with van der Waals surface area (Å²) in [7, 11) is 1.40. The van der Waals surface area contributed by atoms with Gasteiger partial charge in [0.25, 0.3) is 5.56 Å². The molecule has 0 aliphatic carbocycles. The molecule has 1 aromatic heterocycles. The van der Waals surface area contributed by atoms with Crippen LogP contribution in [0.1, 0.15) is 6.04 Å². The number of aliphatic carboxylic acids is 1. The third-order valence-electron chi connectivity index (χ3n) is 4.50. The van der Waals surface area contributed by atoms with Crippen LogP contribution in [0.2, 0.25) is 0 Å². The van der Waals surface area contributed by atoms with E-state index in [0.717, 1.165) is 4.74 Å². The van der Waals surface area contributed by atoms with Gasteiger partial charge in [0, 0.05) is 32.3 Å². The Morgan fingerprint density at radius 3 is 2.56 bits per heavy atom. The molecule has 0 spiro atoms. The summed E-state index contributed by atoms with van der Waals surface area (Å²) in [6.45, 7) is 2.74. The summed E-state index contributed by atoms with van der Waals surface area (Å²) in [4.78, 5) is 26.3. The smallest absolute Gasteiger partial charge is 0.332 e. The highest BCUT2D eigenvalue weighted by Crippen LogP contribution is 2.22. The number of carboxylic acid groups (broad SMARTS) is 1. The van der Waals surface area contributed by atoms with Crippen LogP contribution in [-0.4, -0.2) is 66.8 Å². The number of rotatable bonds is 7. The van der Waals surface area contributed by atoms with E-state index in [1.165, 1.54) is 37.4 Å². The van der Waals surface area contributed by atoms with Gasteiger partial charge in [-0.2, -0.15) is 4.74 Å². The van der Waals surface area contributed by atoms with Crippen LogP contribution in [0.25, 0.3) is 11.3 Å². The van der Waals surface area contributed by atoms with Gasteiger partial charge in [0.15, 0.2) is 11.8 Å². The summed E-state index contributed by atoms with van der Waals surface area (Å²) >= 11 is 0. The Hall–Kier alpha value is -2.49. The van der Waals surface area contributed by atoms with E-state index in [0.29, 0.717) is 38.4 Å². The zero-order chi connectivity index (χ0) is 19.4. The molecule has 146 valence electrons. The Labute approximate surface area is 154 Å². The first-order valence-corrected chi connectivity index (χ1v) is 8.54. The van der Waals surface area contributed by atoms with Crippen LogP contribution in [0, 0.1) is 5.82 Å². The van der Waals surface area contributed by atoms with Crippen molar-refractivity contribution in [3.8, 4) is 11.3 Å². The second-order valence-electron chi connectivity index (χ2n) is 6.24. The second kappa shape index (κ2) is 8.47. The Balaban J connectivity index is 1.88. The van der Waals surface area contributed by atoms with Crippen molar-refractivity contribution in [1.29, 1.82) is 0 Å². The molecular weight excluding hydrogens is 359 g/mol. The van der Waals surface area contributed by atoms with Crippen LogP contribution < -0.4 is 5.56 Å². The first kappa shape index (κ1) is 19.3. The first-order chi connectivity index (χ1) is 13.0. The van der Waals surface area contributed by atoms with E-state index in [1.54, 1.807) is 0 Å². The lowest BCUT2D eigenvalue weighted by molar-refractivity contribution is -0.149. The number of hydrogen-bond acceptors (Lipinski definition) is 6. The first-order valence-electron chi connectivity index (χ1n) is 8.54. The lowest BCUT2D eigenvalue weighted by Crippen LogP contribution is -2.47. The van der Waals surface area contributed by atoms with Gasteiger partial charge in [-0.3, -0.25) is 9.69 Å². The van der Waals surface area contributed by atoms with Gasteiger partial charge < -0.3 is 19.1 Å². The van der Waals surface area contributed by atoms with E-state index in [4.69, 9.17) is 14.0 Å². The van der Waals surface area contributed by atoms with Gasteiger partial charge in [-0.15, -0.1) is 0 Å². The average molecular weight is 380 g/mol. The molecule has 2 aromatic rings. The van der Waals surface area contributed by atoms with E-state index in [2.05, 4.69) is 0 Å². The van der Waals surface area contributed by atoms with Crippen molar-refractivity contribution in [3.63, 3.8) is 0 Å². The van der Waals surface area contributed by atoms with Gasteiger partial charge >= 0.3 is 5.97 Å². The molecule has 0 radical (unpaired) electrons. The van der Waals surface area contributed by atoms with E-state index in [9.17, 15) is 19.1 Å². The van der Waals surface area contributed by atoms with Gasteiger partial charge in [0.2, 0.25) is 0 Å². The Kier molecular flexibility index (Phi) is 6.04. The van der Waals surface area contributed by atoms with Crippen molar-refractivity contribution in [2.45, 2.75) is 12.1 Å². The summed E-state index contributed by atoms with van der Waals surface area (Å²) in [6, 6.07) is 5.23. The normalized spacial score (nSPS) is 17.6.